The van der Waals surface area contributed by atoms with Crippen molar-refractivity contribution in [1.82, 2.24) is 20.3 Å². The molecule has 0 aliphatic carbocycles. The van der Waals surface area contributed by atoms with Gasteiger partial charge in [-0.05, 0) is 44.7 Å². The lowest BCUT2D eigenvalue weighted by Gasteiger charge is -2.28. The van der Waals surface area contributed by atoms with Crippen molar-refractivity contribution in [2.24, 2.45) is 11.8 Å². The summed E-state index contributed by atoms with van der Waals surface area (Å²) >= 11 is 0. The Labute approximate surface area is 140 Å². The monoisotopic (exact) mass is 320 g/mol. The van der Waals surface area contributed by atoms with Gasteiger partial charge in [0.2, 0.25) is 0 Å². The maximum absolute atomic E-state index is 13.1. The van der Waals surface area contributed by atoms with Gasteiger partial charge in [0.1, 0.15) is 6.04 Å². The molecule has 1 aliphatic heterocycles. The van der Waals surface area contributed by atoms with Crippen molar-refractivity contribution >= 4 is 5.78 Å². The number of unbranched alkanes of at least 4 members (excludes halogenated alkanes) is 2. The fourth-order valence-electron chi connectivity index (χ4n) is 3.36. The number of piperidine rings is 1. The number of aryl methyl sites for hydroxylation is 1. The highest BCUT2D eigenvalue weighted by atomic mass is 16.1. The van der Waals surface area contributed by atoms with E-state index < -0.39 is 0 Å². The van der Waals surface area contributed by atoms with Crippen LogP contribution in [0.5, 0.6) is 0 Å². The summed E-state index contributed by atoms with van der Waals surface area (Å²) in [6, 6.07) is -0.157. The lowest BCUT2D eigenvalue weighted by molar-refractivity contribution is -0.128. The average Bonchev–Trinajstić information content (AvgIpc) is 3.04. The molecule has 23 heavy (non-hydrogen) atoms. The van der Waals surface area contributed by atoms with Crippen LogP contribution in [0.15, 0.2) is 6.20 Å². The molecule has 0 radical (unpaired) electrons. The van der Waals surface area contributed by atoms with E-state index in [0.29, 0.717) is 11.7 Å². The van der Waals surface area contributed by atoms with Gasteiger partial charge in [-0.2, -0.15) is 0 Å². The molecular formula is C18H32N4O. The zero-order valence-electron chi connectivity index (χ0n) is 14.9. The lowest BCUT2D eigenvalue weighted by atomic mass is 9.84. The molecule has 130 valence electrons. The van der Waals surface area contributed by atoms with Crippen LogP contribution in [-0.2, 0) is 11.2 Å². The second kappa shape index (κ2) is 9.16. The van der Waals surface area contributed by atoms with Crippen LogP contribution < -0.4 is 5.32 Å². The Kier molecular flexibility index (Phi) is 7.21. The zero-order chi connectivity index (χ0) is 16.7. The van der Waals surface area contributed by atoms with Gasteiger partial charge in [0.25, 0.3) is 0 Å². The Balaban J connectivity index is 2.09. The minimum atomic E-state index is -0.157. The SMILES string of the molecule is CCCCCc1cn([C@H](C(=O)C2CCNCC2)C(C)CC)nn1. The number of nitrogens with zero attached hydrogens (tertiary/aromatic N) is 3. The van der Waals surface area contributed by atoms with Gasteiger partial charge in [-0.1, -0.05) is 45.2 Å². The Morgan fingerprint density at radius 1 is 1.35 bits per heavy atom. The molecule has 0 amide bonds. The van der Waals surface area contributed by atoms with Crippen molar-refractivity contribution in [3.63, 3.8) is 0 Å². The Bertz CT molecular complexity index is 479. The van der Waals surface area contributed by atoms with Crippen molar-refractivity contribution in [2.75, 3.05) is 13.1 Å². The molecule has 0 saturated carbocycles. The summed E-state index contributed by atoms with van der Waals surface area (Å²) in [5, 5.41) is 11.9. The van der Waals surface area contributed by atoms with Crippen molar-refractivity contribution in [1.29, 1.82) is 0 Å². The minimum absolute atomic E-state index is 0.157. The second-order valence-electron chi connectivity index (χ2n) is 6.90. The second-order valence-corrected chi connectivity index (χ2v) is 6.90. The largest absolute Gasteiger partial charge is 0.317 e. The number of carbonyl (C=O) groups excluding carboxylic acids is 1. The smallest absolute Gasteiger partial charge is 0.160 e. The summed E-state index contributed by atoms with van der Waals surface area (Å²) < 4.78 is 1.85. The summed E-state index contributed by atoms with van der Waals surface area (Å²) in [5.74, 6) is 0.816. The molecule has 0 spiro atoms. The molecule has 1 aromatic heterocycles. The van der Waals surface area contributed by atoms with Crippen LogP contribution in [0.4, 0.5) is 0 Å². The topological polar surface area (TPSA) is 59.8 Å². The number of hydrogen-bond donors (Lipinski definition) is 1. The van der Waals surface area contributed by atoms with Crippen LogP contribution in [0, 0.1) is 11.8 Å². The van der Waals surface area contributed by atoms with E-state index in [4.69, 9.17) is 0 Å². The van der Waals surface area contributed by atoms with Crippen molar-refractivity contribution in [3.05, 3.63) is 11.9 Å². The lowest BCUT2D eigenvalue weighted by Crippen LogP contribution is -2.37. The van der Waals surface area contributed by atoms with Gasteiger partial charge in [0.15, 0.2) is 5.78 Å². The fraction of sp³-hybridized carbons (Fsp3) is 0.833. The molecule has 2 atom stereocenters. The average molecular weight is 320 g/mol. The number of hydrogen-bond acceptors (Lipinski definition) is 4. The predicted molar refractivity (Wildman–Crippen MR) is 92.3 cm³/mol. The summed E-state index contributed by atoms with van der Waals surface area (Å²) in [6.45, 7) is 8.40. The third kappa shape index (κ3) is 4.87. The first kappa shape index (κ1) is 18.1. The Morgan fingerprint density at radius 3 is 2.74 bits per heavy atom. The molecule has 2 rings (SSSR count). The summed E-state index contributed by atoms with van der Waals surface area (Å²) in [6.07, 6.45) is 9.41. The number of carbonyl (C=O) groups is 1. The molecular weight excluding hydrogens is 288 g/mol. The van der Waals surface area contributed by atoms with Crippen LogP contribution in [0.2, 0.25) is 0 Å². The molecule has 5 heteroatoms. The van der Waals surface area contributed by atoms with E-state index in [1.165, 1.54) is 12.8 Å². The zero-order valence-corrected chi connectivity index (χ0v) is 14.9. The van der Waals surface area contributed by atoms with E-state index in [9.17, 15) is 4.79 Å². The number of ketones is 1. The molecule has 1 unspecified atom stereocenters. The third-order valence-corrected chi connectivity index (χ3v) is 5.10. The molecule has 1 N–H and O–H groups in total. The first-order valence-corrected chi connectivity index (χ1v) is 9.32. The molecule has 5 nitrogen and oxygen atoms in total. The van der Waals surface area contributed by atoms with Crippen LogP contribution in [0.25, 0.3) is 0 Å². The van der Waals surface area contributed by atoms with Gasteiger partial charge in [-0.25, -0.2) is 4.68 Å². The maximum atomic E-state index is 13.1. The fourth-order valence-corrected chi connectivity index (χ4v) is 3.36. The first-order valence-electron chi connectivity index (χ1n) is 9.32. The van der Waals surface area contributed by atoms with Crippen LogP contribution in [-0.4, -0.2) is 33.9 Å². The van der Waals surface area contributed by atoms with Crippen LogP contribution >= 0.6 is 0 Å². The van der Waals surface area contributed by atoms with Crippen molar-refractivity contribution < 1.29 is 4.79 Å². The highest BCUT2D eigenvalue weighted by molar-refractivity contribution is 5.85. The van der Waals surface area contributed by atoms with Gasteiger partial charge < -0.3 is 5.32 Å². The molecule has 1 saturated heterocycles. The minimum Gasteiger partial charge on any atom is -0.317 e. The van der Waals surface area contributed by atoms with Gasteiger partial charge >= 0.3 is 0 Å². The number of Topliss-reactive ketones (excluding diaryl/α,β-unsaturated/α-hetero) is 1. The van der Waals surface area contributed by atoms with Crippen LogP contribution in [0.1, 0.15) is 71.0 Å². The van der Waals surface area contributed by atoms with Gasteiger partial charge in [0, 0.05) is 12.1 Å². The van der Waals surface area contributed by atoms with Gasteiger partial charge in [-0.3, -0.25) is 4.79 Å². The molecule has 1 aromatic rings. The Hall–Kier alpha value is -1.23. The van der Waals surface area contributed by atoms with E-state index in [2.05, 4.69) is 36.4 Å². The number of aromatic nitrogens is 3. The van der Waals surface area contributed by atoms with E-state index in [1.807, 2.05) is 10.9 Å². The van der Waals surface area contributed by atoms with Crippen LogP contribution in [0.3, 0.4) is 0 Å². The van der Waals surface area contributed by atoms with Crippen molar-refractivity contribution in [3.8, 4) is 0 Å². The quantitative estimate of drug-likeness (QED) is 0.710. The normalized spacial score (nSPS) is 18.7. The van der Waals surface area contributed by atoms with E-state index in [1.54, 1.807) is 0 Å². The molecule has 1 fully saturated rings. The first-order chi connectivity index (χ1) is 11.2. The summed E-state index contributed by atoms with van der Waals surface area (Å²) in [5.41, 5.74) is 1.02. The number of nitrogens with one attached hydrogen (secondary N) is 1. The van der Waals surface area contributed by atoms with Crippen molar-refractivity contribution in [2.45, 2.75) is 71.8 Å². The van der Waals surface area contributed by atoms with E-state index >= 15 is 0 Å². The van der Waals surface area contributed by atoms with E-state index in [-0.39, 0.29) is 12.0 Å². The Morgan fingerprint density at radius 2 is 2.09 bits per heavy atom. The number of rotatable bonds is 9. The third-order valence-electron chi connectivity index (χ3n) is 5.10. The van der Waals surface area contributed by atoms with E-state index in [0.717, 1.165) is 50.9 Å². The predicted octanol–water partition coefficient (Wildman–Crippen LogP) is 3.17. The molecule has 2 heterocycles. The highest BCUT2D eigenvalue weighted by Crippen LogP contribution is 2.28. The summed E-state index contributed by atoms with van der Waals surface area (Å²) in [4.78, 5) is 13.1. The molecule has 0 aromatic carbocycles. The summed E-state index contributed by atoms with van der Waals surface area (Å²) in [7, 11) is 0. The molecule has 1 aliphatic rings. The standard InChI is InChI=1S/C18H32N4O/c1-4-6-7-8-16-13-22(21-20-16)17(14(3)5-2)18(23)15-9-11-19-12-10-15/h13-15,17,19H,4-12H2,1-3H3/t14?,17-/m0/s1. The van der Waals surface area contributed by atoms with Gasteiger partial charge in [0.05, 0.1) is 5.69 Å². The molecule has 0 bridgehead atoms. The maximum Gasteiger partial charge on any atom is 0.160 e. The highest BCUT2D eigenvalue weighted by Gasteiger charge is 2.33. The van der Waals surface area contributed by atoms with Gasteiger partial charge in [-0.15, -0.1) is 5.10 Å².